The minimum absolute atomic E-state index is 0.105. The van der Waals surface area contributed by atoms with Gasteiger partial charge in [-0.25, -0.2) is 0 Å². The largest absolute Gasteiger partial charge is 0.466 e. The van der Waals surface area contributed by atoms with Crippen LogP contribution in [0, 0.1) is 17.8 Å². The Morgan fingerprint density at radius 3 is 3.12 bits per heavy atom. The number of esters is 1. The van der Waals surface area contributed by atoms with E-state index < -0.39 is 5.60 Å². The molecule has 1 fully saturated rings. The van der Waals surface area contributed by atoms with Gasteiger partial charge in [-0.15, -0.1) is 6.58 Å². The van der Waals surface area contributed by atoms with Crippen LogP contribution in [0.5, 0.6) is 0 Å². The Kier molecular flexibility index (Phi) is 2.89. The summed E-state index contributed by atoms with van der Waals surface area (Å²) in [6.45, 7) is 5.60. The van der Waals surface area contributed by atoms with Crippen molar-refractivity contribution in [2.75, 3.05) is 6.61 Å². The van der Waals surface area contributed by atoms with Crippen LogP contribution in [0.3, 0.4) is 0 Å². The molecule has 0 saturated heterocycles. The van der Waals surface area contributed by atoms with Crippen LogP contribution in [-0.4, -0.2) is 23.3 Å². The van der Waals surface area contributed by atoms with Gasteiger partial charge in [0.1, 0.15) is 0 Å². The summed E-state index contributed by atoms with van der Waals surface area (Å²) in [4.78, 5) is 10.8. The molecule has 3 heteroatoms. The monoisotopic (exact) mass is 222 g/mol. The minimum Gasteiger partial charge on any atom is -0.466 e. The van der Waals surface area contributed by atoms with Crippen molar-refractivity contribution in [3.63, 3.8) is 0 Å². The van der Waals surface area contributed by atoms with Crippen LogP contribution in [0.4, 0.5) is 0 Å². The predicted octanol–water partition coefficient (Wildman–Crippen LogP) is 1.68. The summed E-state index contributed by atoms with van der Waals surface area (Å²) >= 11 is 0. The van der Waals surface area contributed by atoms with Crippen molar-refractivity contribution >= 4 is 5.97 Å². The maximum absolute atomic E-state index is 10.8. The average molecular weight is 222 g/mol. The van der Waals surface area contributed by atoms with Gasteiger partial charge in [-0.1, -0.05) is 18.2 Å². The molecule has 1 saturated carbocycles. The summed E-state index contributed by atoms with van der Waals surface area (Å²) in [5.74, 6) is 0.172. The van der Waals surface area contributed by atoms with E-state index in [0.717, 1.165) is 6.42 Å². The van der Waals surface area contributed by atoms with Gasteiger partial charge in [-0.3, -0.25) is 4.79 Å². The molecule has 0 aliphatic heterocycles. The van der Waals surface area contributed by atoms with Gasteiger partial charge in [-0.05, 0) is 12.8 Å². The molecule has 2 aliphatic carbocycles. The molecule has 2 aliphatic rings. The molecule has 0 bridgehead atoms. The highest BCUT2D eigenvalue weighted by atomic mass is 16.5. The summed E-state index contributed by atoms with van der Waals surface area (Å²) in [5.41, 5.74) is -0.688. The van der Waals surface area contributed by atoms with Gasteiger partial charge in [0, 0.05) is 24.7 Å². The molecule has 0 spiro atoms. The molecule has 0 aromatic carbocycles. The van der Waals surface area contributed by atoms with E-state index in [0.29, 0.717) is 13.0 Å². The second-order valence-corrected chi connectivity index (χ2v) is 4.79. The topological polar surface area (TPSA) is 46.5 Å². The molecule has 3 nitrogen and oxygen atoms in total. The number of rotatable bonds is 3. The lowest BCUT2D eigenvalue weighted by molar-refractivity contribution is -0.142. The first-order valence-electron chi connectivity index (χ1n) is 5.73. The summed E-state index contributed by atoms with van der Waals surface area (Å²) in [7, 11) is 0. The van der Waals surface area contributed by atoms with Crippen LogP contribution < -0.4 is 0 Å². The molecule has 0 heterocycles. The van der Waals surface area contributed by atoms with Crippen LogP contribution >= 0.6 is 0 Å². The van der Waals surface area contributed by atoms with Crippen molar-refractivity contribution < 1.29 is 14.6 Å². The van der Waals surface area contributed by atoms with Crippen molar-refractivity contribution in [3.8, 4) is 0 Å². The average Bonchev–Trinajstić information content (AvgIpc) is 2.71. The molecule has 16 heavy (non-hydrogen) atoms. The molecule has 88 valence electrons. The standard InChI is InChI=1S/C13H18O3/c1-3-11-7-10(8-16-9(2)14)12-5-4-6-13(11,12)15/h3-5,10-12,15H,1,6-8H2,2H3/t10-,11-,12+,13+/m0/s1. The molecular weight excluding hydrogens is 204 g/mol. The highest BCUT2D eigenvalue weighted by Crippen LogP contribution is 2.51. The normalized spacial score (nSPS) is 40.8. The van der Waals surface area contributed by atoms with E-state index >= 15 is 0 Å². The van der Waals surface area contributed by atoms with Crippen molar-refractivity contribution in [2.45, 2.75) is 25.4 Å². The van der Waals surface area contributed by atoms with Gasteiger partial charge in [-0.2, -0.15) is 0 Å². The smallest absolute Gasteiger partial charge is 0.302 e. The lowest BCUT2D eigenvalue weighted by Crippen LogP contribution is -2.36. The number of fused-ring (bicyclic) bond motifs is 1. The lowest BCUT2D eigenvalue weighted by atomic mass is 9.85. The van der Waals surface area contributed by atoms with E-state index in [4.69, 9.17) is 4.74 Å². The Morgan fingerprint density at radius 2 is 2.50 bits per heavy atom. The maximum atomic E-state index is 10.8. The van der Waals surface area contributed by atoms with Crippen LogP contribution in [0.2, 0.25) is 0 Å². The zero-order chi connectivity index (χ0) is 11.8. The molecule has 0 aromatic rings. The SMILES string of the molecule is C=C[C@H]1C[C@@H](COC(C)=O)[C@H]2C=CC[C@]21O. The Morgan fingerprint density at radius 1 is 1.75 bits per heavy atom. The van der Waals surface area contributed by atoms with E-state index in [1.807, 2.05) is 12.2 Å². The van der Waals surface area contributed by atoms with E-state index in [1.54, 1.807) is 0 Å². The first-order chi connectivity index (χ1) is 7.58. The molecular formula is C13H18O3. The van der Waals surface area contributed by atoms with Crippen LogP contribution in [0.15, 0.2) is 24.8 Å². The molecule has 1 N–H and O–H groups in total. The third-order valence-electron chi connectivity index (χ3n) is 3.86. The fourth-order valence-corrected chi connectivity index (χ4v) is 3.04. The summed E-state index contributed by atoms with van der Waals surface area (Å²) in [6.07, 6.45) is 7.43. The zero-order valence-corrected chi connectivity index (χ0v) is 9.56. The quantitative estimate of drug-likeness (QED) is 0.583. The predicted molar refractivity (Wildman–Crippen MR) is 60.6 cm³/mol. The minimum atomic E-state index is -0.688. The van der Waals surface area contributed by atoms with Gasteiger partial charge in [0.15, 0.2) is 0 Å². The van der Waals surface area contributed by atoms with Crippen LogP contribution in [0.25, 0.3) is 0 Å². The van der Waals surface area contributed by atoms with Crippen LogP contribution in [0.1, 0.15) is 19.8 Å². The first kappa shape index (κ1) is 11.4. The van der Waals surface area contributed by atoms with Gasteiger partial charge in [0.25, 0.3) is 0 Å². The van der Waals surface area contributed by atoms with E-state index in [2.05, 4.69) is 12.7 Å². The summed E-state index contributed by atoms with van der Waals surface area (Å²) in [6, 6.07) is 0. The number of hydrogen-bond donors (Lipinski definition) is 1. The second kappa shape index (κ2) is 4.06. The molecule has 0 amide bonds. The number of carbonyl (C=O) groups is 1. The third kappa shape index (κ3) is 1.69. The fourth-order valence-electron chi connectivity index (χ4n) is 3.04. The van der Waals surface area contributed by atoms with E-state index in [9.17, 15) is 9.90 Å². The molecule has 0 unspecified atom stereocenters. The van der Waals surface area contributed by atoms with Gasteiger partial charge < -0.3 is 9.84 Å². The fraction of sp³-hybridized carbons (Fsp3) is 0.615. The Bertz CT molecular complexity index is 334. The van der Waals surface area contributed by atoms with Crippen molar-refractivity contribution in [1.82, 2.24) is 0 Å². The Hall–Kier alpha value is -1.09. The van der Waals surface area contributed by atoms with Crippen molar-refractivity contribution in [2.24, 2.45) is 17.8 Å². The number of aliphatic hydroxyl groups is 1. The maximum Gasteiger partial charge on any atom is 0.302 e. The Labute approximate surface area is 95.8 Å². The third-order valence-corrected chi connectivity index (χ3v) is 3.86. The van der Waals surface area contributed by atoms with Crippen LogP contribution in [-0.2, 0) is 9.53 Å². The Balaban J connectivity index is 2.09. The second-order valence-electron chi connectivity index (χ2n) is 4.79. The molecule has 0 aromatic heterocycles. The molecule has 4 atom stereocenters. The summed E-state index contributed by atoms with van der Waals surface area (Å²) in [5, 5.41) is 10.6. The summed E-state index contributed by atoms with van der Waals surface area (Å²) < 4.78 is 5.05. The number of ether oxygens (including phenoxy) is 1. The van der Waals surface area contributed by atoms with Gasteiger partial charge in [0.05, 0.1) is 12.2 Å². The van der Waals surface area contributed by atoms with Gasteiger partial charge >= 0.3 is 5.97 Å². The lowest BCUT2D eigenvalue weighted by Gasteiger charge is -2.28. The highest BCUT2D eigenvalue weighted by molar-refractivity contribution is 5.65. The highest BCUT2D eigenvalue weighted by Gasteiger charge is 2.53. The first-order valence-corrected chi connectivity index (χ1v) is 5.73. The number of hydrogen-bond acceptors (Lipinski definition) is 3. The van der Waals surface area contributed by atoms with Crippen molar-refractivity contribution in [3.05, 3.63) is 24.8 Å². The molecule has 2 rings (SSSR count). The van der Waals surface area contributed by atoms with Crippen molar-refractivity contribution in [1.29, 1.82) is 0 Å². The molecule has 0 radical (unpaired) electrons. The zero-order valence-electron chi connectivity index (χ0n) is 9.56. The van der Waals surface area contributed by atoms with E-state index in [1.165, 1.54) is 6.92 Å². The van der Waals surface area contributed by atoms with E-state index in [-0.39, 0.29) is 23.7 Å². The van der Waals surface area contributed by atoms with Gasteiger partial charge in [0.2, 0.25) is 0 Å². The number of carbonyl (C=O) groups excluding carboxylic acids is 1.